The molecule has 1 aromatic carbocycles. The molecule has 0 saturated heterocycles. The van der Waals surface area contributed by atoms with Gasteiger partial charge in [-0.2, -0.15) is 0 Å². The molecule has 20 heavy (non-hydrogen) atoms. The highest BCUT2D eigenvalue weighted by Gasteiger charge is 2.12. The largest absolute Gasteiger partial charge is 0.466 e. The van der Waals surface area contributed by atoms with Crippen molar-refractivity contribution in [3.8, 4) is 0 Å². The second-order valence-corrected chi connectivity index (χ2v) is 4.87. The maximum atomic E-state index is 11.9. The monoisotopic (exact) mass is 297 g/mol. The molecule has 0 aliphatic heterocycles. The molecule has 4 nitrogen and oxygen atoms in total. The Morgan fingerprint density at radius 2 is 1.95 bits per heavy atom. The Morgan fingerprint density at radius 3 is 2.60 bits per heavy atom. The van der Waals surface area contributed by atoms with Crippen molar-refractivity contribution in [2.75, 3.05) is 20.2 Å². The minimum absolute atomic E-state index is 0.00535. The molecule has 0 aromatic heterocycles. The van der Waals surface area contributed by atoms with E-state index in [1.165, 1.54) is 0 Å². The van der Waals surface area contributed by atoms with Crippen LogP contribution in [0.25, 0.3) is 0 Å². The molecule has 0 heterocycles. The van der Waals surface area contributed by atoms with E-state index in [2.05, 4.69) is 0 Å². The van der Waals surface area contributed by atoms with E-state index in [0.29, 0.717) is 31.0 Å². The average molecular weight is 298 g/mol. The van der Waals surface area contributed by atoms with E-state index in [-0.39, 0.29) is 18.3 Å². The lowest BCUT2D eigenvalue weighted by Crippen LogP contribution is -2.29. The first kappa shape index (κ1) is 16.5. The van der Waals surface area contributed by atoms with E-state index in [0.717, 1.165) is 5.56 Å². The van der Waals surface area contributed by atoms with E-state index >= 15 is 0 Å². The molecule has 1 rings (SSSR count). The van der Waals surface area contributed by atoms with Gasteiger partial charge < -0.3 is 9.64 Å². The molecule has 5 heteroatoms. The van der Waals surface area contributed by atoms with Crippen molar-refractivity contribution in [2.24, 2.45) is 0 Å². The van der Waals surface area contributed by atoms with Crippen molar-refractivity contribution in [2.45, 2.75) is 26.2 Å². The van der Waals surface area contributed by atoms with Crippen molar-refractivity contribution in [1.29, 1.82) is 0 Å². The molecule has 0 spiro atoms. The van der Waals surface area contributed by atoms with E-state index in [1.807, 2.05) is 24.3 Å². The fraction of sp³-hybridized carbons (Fsp3) is 0.467. The second-order valence-electron chi connectivity index (χ2n) is 4.46. The number of nitrogens with zero attached hydrogens (tertiary/aromatic N) is 1. The van der Waals surface area contributed by atoms with Crippen LogP contribution < -0.4 is 0 Å². The van der Waals surface area contributed by atoms with Crippen LogP contribution in [0.2, 0.25) is 5.02 Å². The summed E-state index contributed by atoms with van der Waals surface area (Å²) in [5.74, 6) is -0.285. The number of esters is 1. The van der Waals surface area contributed by atoms with Crippen LogP contribution in [-0.4, -0.2) is 37.0 Å². The average Bonchev–Trinajstić information content (AvgIpc) is 2.44. The Kier molecular flexibility index (Phi) is 7.09. The normalized spacial score (nSPS) is 10.2. The number of ether oxygens (including phenoxy) is 1. The molecule has 0 fully saturated rings. The number of hydrogen-bond acceptors (Lipinski definition) is 3. The summed E-state index contributed by atoms with van der Waals surface area (Å²) in [6, 6.07) is 7.48. The van der Waals surface area contributed by atoms with Crippen LogP contribution in [0.1, 0.15) is 25.3 Å². The van der Waals surface area contributed by atoms with Gasteiger partial charge in [0.15, 0.2) is 0 Å². The van der Waals surface area contributed by atoms with Crippen LogP contribution in [0.5, 0.6) is 0 Å². The van der Waals surface area contributed by atoms with Crippen molar-refractivity contribution in [3.05, 3.63) is 34.9 Å². The number of amides is 1. The highest BCUT2D eigenvalue weighted by molar-refractivity contribution is 6.31. The summed E-state index contributed by atoms with van der Waals surface area (Å²) in [5, 5.41) is 0.675. The number of carbonyl (C=O) groups excluding carboxylic acids is 2. The molecule has 1 aromatic rings. The van der Waals surface area contributed by atoms with Gasteiger partial charge in [-0.05, 0) is 25.0 Å². The summed E-state index contributed by atoms with van der Waals surface area (Å²) in [6.45, 7) is 2.50. The van der Waals surface area contributed by atoms with Gasteiger partial charge in [0.1, 0.15) is 0 Å². The summed E-state index contributed by atoms with van der Waals surface area (Å²) >= 11 is 6.04. The van der Waals surface area contributed by atoms with Crippen molar-refractivity contribution >= 4 is 23.5 Å². The van der Waals surface area contributed by atoms with Crippen molar-refractivity contribution in [3.63, 3.8) is 0 Å². The molecular formula is C15H20ClNO3. The summed E-state index contributed by atoms with van der Waals surface area (Å²) in [4.78, 5) is 24.7. The summed E-state index contributed by atoms with van der Waals surface area (Å²) < 4.78 is 4.82. The van der Waals surface area contributed by atoms with Gasteiger partial charge in [-0.15, -0.1) is 0 Å². The topological polar surface area (TPSA) is 46.6 Å². The molecule has 0 saturated carbocycles. The lowest BCUT2D eigenvalue weighted by Gasteiger charge is -2.16. The molecule has 110 valence electrons. The minimum Gasteiger partial charge on any atom is -0.466 e. The lowest BCUT2D eigenvalue weighted by atomic mass is 10.1. The number of carbonyl (C=O) groups is 2. The van der Waals surface area contributed by atoms with Crippen molar-refractivity contribution < 1.29 is 14.3 Å². The number of benzene rings is 1. The van der Waals surface area contributed by atoms with Crippen LogP contribution >= 0.6 is 11.6 Å². The van der Waals surface area contributed by atoms with Gasteiger partial charge in [0.25, 0.3) is 0 Å². The summed E-state index contributed by atoms with van der Waals surface area (Å²) in [6.07, 6.45) is 1.20. The third-order valence-corrected chi connectivity index (χ3v) is 3.32. The predicted molar refractivity (Wildman–Crippen MR) is 78.7 cm³/mol. The van der Waals surface area contributed by atoms with Crippen LogP contribution in [-0.2, 0) is 20.7 Å². The van der Waals surface area contributed by atoms with E-state index < -0.39 is 0 Å². The SMILES string of the molecule is CCOC(=O)CCN(C)C(=O)CCc1ccccc1Cl. The third kappa shape index (κ3) is 5.61. The molecule has 1 amide bonds. The van der Waals surface area contributed by atoms with Gasteiger partial charge >= 0.3 is 5.97 Å². The third-order valence-electron chi connectivity index (χ3n) is 2.95. The van der Waals surface area contributed by atoms with Gasteiger partial charge in [-0.25, -0.2) is 0 Å². The first-order valence-electron chi connectivity index (χ1n) is 6.67. The first-order valence-corrected chi connectivity index (χ1v) is 7.05. The number of hydrogen-bond donors (Lipinski definition) is 0. The van der Waals surface area contributed by atoms with Crippen LogP contribution in [0, 0.1) is 0 Å². The van der Waals surface area contributed by atoms with Crippen LogP contribution in [0.4, 0.5) is 0 Å². The molecular weight excluding hydrogens is 278 g/mol. The zero-order valence-corrected chi connectivity index (χ0v) is 12.7. The number of halogens is 1. The molecule has 0 N–H and O–H groups in total. The Balaban J connectivity index is 2.35. The van der Waals surface area contributed by atoms with Crippen LogP contribution in [0.15, 0.2) is 24.3 Å². The lowest BCUT2D eigenvalue weighted by molar-refractivity contribution is -0.143. The maximum Gasteiger partial charge on any atom is 0.307 e. The predicted octanol–water partition coefficient (Wildman–Crippen LogP) is 2.68. The quantitative estimate of drug-likeness (QED) is 0.727. The second kappa shape index (κ2) is 8.59. The molecule has 0 atom stereocenters. The zero-order chi connectivity index (χ0) is 15.0. The number of aryl methyl sites for hydroxylation is 1. The fourth-order valence-electron chi connectivity index (χ4n) is 1.75. The Labute approximate surface area is 124 Å². The zero-order valence-electron chi connectivity index (χ0n) is 11.9. The highest BCUT2D eigenvalue weighted by atomic mass is 35.5. The van der Waals surface area contributed by atoms with Gasteiger partial charge in [-0.1, -0.05) is 29.8 Å². The first-order chi connectivity index (χ1) is 9.54. The summed E-state index contributed by atoms with van der Waals surface area (Å²) in [5.41, 5.74) is 0.960. The van der Waals surface area contributed by atoms with Crippen LogP contribution in [0.3, 0.4) is 0 Å². The molecule has 0 aliphatic rings. The molecule has 0 bridgehead atoms. The molecule has 0 aliphatic carbocycles. The Hall–Kier alpha value is -1.55. The number of rotatable bonds is 7. The van der Waals surface area contributed by atoms with E-state index in [4.69, 9.17) is 16.3 Å². The minimum atomic E-state index is -0.279. The van der Waals surface area contributed by atoms with Gasteiger partial charge in [-0.3, -0.25) is 9.59 Å². The Bertz CT molecular complexity index is 462. The molecule has 0 radical (unpaired) electrons. The smallest absolute Gasteiger partial charge is 0.307 e. The molecule has 0 unspecified atom stereocenters. The maximum absolute atomic E-state index is 11.9. The fourth-order valence-corrected chi connectivity index (χ4v) is 1.98. The highest BCUT2D eigenvalue weighted by Crippen LogP contribution is 2.16. The van der Waals surface area contributed by atoms with Crippen molar-refractivity contribution in [1.82, 2.24) is 4.90 Å². The van der Waals surface area contributed by atoms with Gasteiger partial charge in [0, 0.05) is 25.0 Å². The van der Waals surface area contributed by atoms with Gasteiger partial charge in [0.05, 0.1) is 13.0 Å². The van der Waals surface area contributed by atoms with Gasteiger partial charge in [0.2, 0.25) is 5.91 Å². The Morgan fingerprint density at radius 1 is 1.25 bits per heavy atom. The van der Waals surface area contributed by atoms with E-state index in [9.17, 15) is 9.59 Å². The standard InChI is InChI=1S/C15H20ClNO3/c1-3-20-15(19)10-11-17(2)14(18)9-8-12-6-4-5-7-13(12)16/h4-7H,3,8-11H2,1-2H3. The summed E-state index contributed by atoms with van der Waals surface area (Å²) in [7, 11) is 1.69. The van der Waals surface area contributed by atoms with E-state index in [1.54, 1.807) is 18.9 Å².